The minimum absolute atomic E-state index is 0. The number of rotatable bonds is 6. The molecular weight excluding hydrogens is 475 g/mol. The molecule has 1 aromatic heterocycles. The van der Waals surface area contributed by atoms with E-state index in [-0.39, 0.29) is 36.3 Å². The molecule has 1 aromatic carbocycles. The molecule has 0 atom stereocenters. The van der Waals surface area contributed by atoms with Crippen molar-refractivity contribution in [3.05, 3.63) is 54.1 Å². The van der Waals surface area contributed by atoms with Crippen molar-refractivity contribution in [3.8, 4) is 0 Å². The first-order chi connectivity index (χ1) is 13.2. The van der Waals surface area contributed by atoms with Crippen LogP contribution in [0, 0.1) is 5.92 Å². The quantitative estimate of drug-likeness (QED) is 0.363. The van der Waals surface area contributed by atoms with Crippen molar-refractivity contribution in [2.75, 3.05) is 19.6 Å². The van der Waals surface area contributed by atoms with Crippen LogP contribution >= 0.6 is 24.0 Å². The van der Waals surface area contributed by atoms with Crippen LogP contribution in [0.4, 0.5) is 8.78 Å². The van der Waals surface area contributed by atoms with Crippen molar-refractivity contribution in [1.29, 1.82) is 0 Å². The zero-order valence-electron chi connectivity index (χ0n) is 16.1. The Hall–Kier alpha value is -1.71. The lowest BCUT2D eigenvalue weighted by Gasteiger charge is -2.34. The number of nitrogens with zero attached hydrogens (tertiary/aromatic N) is 4. The van der Waals surface area contributed by atoms with Crippen LogP contribution in [0.25, 0.3) is 0 Å². The van der Waals surface area contributed by atoms with Crippen molar-refractivity contribution >= 4 is 29.9 Å². The summed E-state index contributed by atoms with van der Waals surface area (Å²) in [5.41, 5.74) is 1.38. The van der Waals surface area contributed by atoms with Crippen LogP contribution in [-0.4, -0.2) is 40.0 Å². The summed E-state index contributed by atoms with van der Waals surface area (Å²) < 4.78 is 26.8. The number of alkyl halides is 2. The highest BCUT2D eigenvalue weighted by Crippen LogP contribution is 2.22. The summed E-state index contributed by atoms with van der Waals surface area (Å²) in [4.78, 5) is 10.8. The summed E-state index contributed by atoms with van der Waals surface area (Å²) in [6, 6.07) is 10.6. The third-order valence-corrected chi connectivity index (χ3v) is 4.95. The first kappa shape index (κ1) is 22.6. The molecule has 8 heteroatoms. The van der Waals surface area contributed by atoms with E-state index in [1.54, 1.807) is 0 Å². The molecule has 0 amide bonds. The number of nitrogens with one attached hydrogen (secondary N) is 1. The number of aromatic nitrogens is 2. The molecular formula is C20H28F2IN5. The average molecular weight is 503 g/mol. The maximum Gasteiger partial charge on any atom is 0.319 e. The Morgan fingerprint density at radius 2 is 1.96 bits per heavy atom. The third-order valence-electron chi connectivity index (χ3n) is 4.95. The Kier molecular flexibility index (Phi) is 9.14. The molecule has 2 aromatic rings. The minimum atomic E-state index is -2.59. The van der Waals surface area contributed by atoms with Gasteiger partial charge in [0, 0.05) is 32.0 Å². The largest absolute Gasteiger partial charge is 0.357 e. The zero-order valence-corrected chi connectivity index (χ0v) is 18.4. The van der Waals surface area contributed by atoms with E-state index in [9.17, 15) is 8.78 Å². The Labute approximate surface area is 182 Å². The lowest BCUT2D eigenvalue weighted by molar-refractivity contribution is 0.0670. The van der Waals surface area contributed by atoms with Gasteiger partial charge in [0.1, 0.15) is 12.4 Å². The number of halogens is 3. The minimum Gasteiger partial charge on any atom is -0.357 e. The van der Waals surface area contributed by atoms with E-state index in [1.165, 1.54) is 18.0 Å². The lowest BCUT2D eigenvalue weighted by atomic mass is 9.90. The number of benzene rings is 1. The highest BCUT2D eigenvalue weighted by molar-refractivity contribution is 14.0. The van der Waals surface area contributed by atoms with E-state index in [0.29, 0.717) is 5.92 Å². The lowest BCUT2D eigenvalue weighted by Crippen LogP contribution is -2.45. The van der Waals surface area contributed by atoms with Crippen molar-refractivity contribution in [1.82, 2.24) is 19.8 Å². The van der Waals surface area contributed by atoms with E-state index in [2.05, 4.69) is 44.5 Å². The zero-order chi connectivity index (χ0) is 19.1. The second kappa shape index (κ2) is 11.3. The summed E-state index contributed by atoms with van der Waals surface area (Å²) in [7, 11) is 0. The van der Waals surface area contributed by atoms with Crippen LogP contribution < -0.4 is 5.32 Å². The summed E-state index contributed by atoms with van der Waals surface area (Å²) in [6.07, 6.45) is 5.99. The Morgan fingerprint density at radius 3 is 2.61 bits per heavy atom. The molecule has 0 bridgehead atoms. The van der Waals surface area contributed by atoms with Crippen LogP contribution in [0.3, 0.4) is 0 Å². The first-order valence-electron chi connectivity index (χ1n) is 9.54. The second-order valence-electron chi connectivity index (χ2n) is 6.82. The van der Waals surface area contributed by atoms with E-state index in [1.807, 2.05) is 13.0 Å². The van der Waals surface area contributed by atoms with Gasteiger partial charge in [-0.25, -0.2) is 9.98 Å². The molecule has 0 aliphatic carbocycles. The maximum absolute atomic E-state index is 13.0. The molecule has 154 valence electrons. The van der Waals surface area contributed by atoms with Gasteiger partial charge in [-0.05, 0) is 37.7 Å². The van der Waals surface area contributed by atoms with Crippen LogP contribution in [0.15, 0.2) is 47.7 Å². The SMILES string of the molecule is CCNC(=NCc1nccn1C(F)F)N1CCC(Cc2ccccc2)CC1.I. The molecule has 1 aliphatic rings. The number of piperidine rings is 1. The monoisotopic (exact) mass is 503 g/mol. The maximum atomic E-state index is 13.0. The van der Waals surface area contributed by atoms with Crippen LogP contribution in [0.5, 0.6) is 0 Å². The summed E-state index contributed by atoms with van der Waals surface area (Å²) in [5, 5.41) is 3.28. The third kappa shape index (κ3) is 6.15. The fraction of sp³-hybridized carbons (Fsp3) is 0.500. The molecule has 1 saturated heterocycles. The first-order valence-corrected chi connectivity index (χ1v) is 9.54. The number of aliphatic imine (C=N–C) groups is 1. The molecule has 0 saturated carbocycles. The van der Waals surface area contributed by atoms with Crippen molar-refractivity contribution in [3.63, 3.8) is 0 Å². The van der Waals surface area contributed by atoms with E-state index >= 15 is 0 Å². The van der Waals surface area contributed by atoms with Gasteiger partial charge in [-0.3, -0.25) is 4.57 Å². The van der Waals surface area contributed by atoms with Gasteiger partial charge in [0.05, 0.1) is 0 Å². The van der Waals surface area contributed by atoms with Crippen molar-refractivity contribution in [2.24, 2.45) is 10.9 Å². The molecule has 2 heterocycles. The highest BCUT2D eigenvalue weighted by atomic mass is 127. The molecule has 1 N–H and O–H groups in total. The number of hydrogen-bond acceptors (Lipinski definition) is 2. The van der Waals surface area contributed by atoms with E-state index in [4.69, 9.17) is 0 Å². The fourth-order valence-electron chi connectivity index (χ4n) is 3.51. The molecule has 1 fully saturated rings. The molecule has 5 nitrogen and oxygen atoms in total. The van der Waals surface area contributed by atoms with Gasteiger partial charge in [-0.2, -0.15) is 8.78 Å². The van der Waals surface area contributed by atoms with Crippen molar-refractivity contribution < 1.29 is 8.78 Å². The highest BCUT2D eigenvalue weighted by Gasteiger charge is 2.22. The molecule has 0 unspecified atom stereocenters. The topological polar surface area (TPSA) is 45.5 Å². The van der Waals surface area contributed by atoms with Gasteiger partial charge < -0.3 is 10.2 Å². The van der Waals surface area contributed by atoms with Gasteiger partial charge in [-0.1, -0.05) is 30.3 Å². The summed E-state index contributed by atoms with van der Waals surface area (Å²) in [5.74, 6) is 1.73. The van der Waals surface area contributed by atoms with Crippen LogP contribution in [0.2, 0.25) is 0 Å². The standard InChI is InChI=1S/C20H27F2N5.HI/c1-2-23-20(25-15-18-24-10-13-27(18)19(21)22)26-11-8-17(9-12-26)14-16-6-4-3-5-7-16;/h3-7,10,13,17,19H,2,8-9,11-12,14-15H2,1H3,(H,23,25);1H. The Bertz CT molecular complexity index is 727. The Morgan fingerprint density at radius 1 is 1.25 bits per heavy atom. The van der Waals surface area contributed by atoms with Gasteiger partial charge in [-0.15, -0.1) is 24.0 Å². The number of guanidine groups is 1. The molecule has 1 aliphatic heterocycles. The number of imidazole rings is 1. The molecule has 0 radical (unpaired) electrons. The number of hydrogen-bond donors (Lipinski definition) is 1. The van der Waals surface area contributed by atoms with Gasteiger partial charge >= 0.3 is 6.55 Å². The molecule has 0 spiro atoms. The summed E-state index contributed by atoms with van der Waals surface area (Å²) in [6.45, 7) is 2.15. The Balaban J connectivity index is 0.00000280. The smallest absolute Gasteiger partial charge is 0.319 e. The van der Waals surface area contributed by atoms with Crippen molar-refractivity contribution in [2.45, 2.75) is 39.3 Å². The second-order valence-corrected chi connectivity index (χ2v) is 6.82. The van der Waals surface area contributed by atoms with E-state index < -0.39 is 6.55 Å². The predicted octanol–water partition coefficient (Wildman–Crippen LogP) is 4.32. The van der Waals surface area contributed by atoms with E-state index in [0.717, 1.165) is 49.4 Å². The average Bonchev–Trinajstić information content (AvgIpc) is 3.16. The van der Waals surface area contributed by atoms with Gasteiger partial charge in [0.25, 0.3) is 0 Å². The number of likely N-dealkylation sites (tertiary alicyclic amines) is 1. The molecule has 28 heavy (non-hydrogen) atoms. The van der Waals surface area contributed by atoms with Crippen LogP contribution in [-0.2, 0) is 13.0 Å². The van der Waals surface area contributed by atoms with Gasteiger partial charge in [0.15, 0.2) is 5.96 Å². The predicted molar refractivity (Wildman–Crippen MR) is 118 cm³/mol. The fourth-order valence-corrected chi connectivity index (χ4v) is 3.51. The van der Waals surface area contributed by atoms with Crippen LogP contribution in [0.1, 0.15) is 37.7 Å². The summed E-state index contributed by atoms with van der Waals surface area (Å²) >= 11 is 0. The molecule has 3 rings (SSSR count). The van der Waals surface area contributed by atoms with Gasteiger partial charge in [0.2, 0.25) is 0 Å². The normalized spacial score (nSPS) is 15.6.